The van der Waals surface area contributed by atoms with Crippen LogP contribution in [0.4, 0.5) is 10.5 Å². The zero-order chi connectivity index (χ0) is 13.8. The monoisotopic (exact) mass is 280 g/mol. The molecule has 5 nitrogen and oxygen atoms in total. The number of urea groups is 1. The highest BCUT2D eigenvalue weighted by atomic mass is 32.2. The molecule has 2 rings (SSSR count). The smallest absolute Gasteiger partial charge is 0.327 e. The van der Waals surface area contributed by atoms with Crippen LogP contribution < -0.4 is 5.32 Å². The van der Waals surface area contributed by atoms with E-state index in [1.54, 1.807) is 17.8 Å². The molecule has 2 amide bonds. The second-order valence-electron chi connectivity index (χ2n) is 4.42. The molecule has 19 heavy (non-hydrogen) atoms. The van der Waals surface area contributed by atoms with Gasteiger partial charge in [-0.25, -0.2) is 9.59 Å². The molecule has 1 unspecified atom stereocenters. The number of nitrogens with zero attached hydrogens (tertiary/aromatic N) is 1. The van der Waals surface area contributed by atoms with E-state index in [-0.39, 0.29) is 6.03 Å². The number of thioether (sulfide) groups is 1. The molecular weight excluding hydrogens is 264 g/mol. The average Bonchev–Trinajstić information content (AvgIpc) is 2.38. The molecule has 1 aromatic carbocycles. The van der Waals surface area contributed by atoms with E-state index in [9.17, 15) is 9.59 Å². The van der Waals surface area contributed by atoms with Gasteiger partial charge in [-0.3, -0.25) is 0 Å². The predicted octanol–water partition coefficient (Wildman–Crippen LogP) is 2.03. The molecular formula is C13H16N2O3S. The molecule has 1 aliphatic rings. The molecule has 1 aromatic rings. The first-order valence-corrected chi connectivity index (χ1v) is 7.18. The molecule has 2 N–H and O–H groups in total. The highest BCUT2D eigenvalue weighted by Crippen LogP contribution is 2.18. The average molecular weight is 280 g/mol. The third kappa shape index (κ3) is 3.41. The lowest BCUT2D eigenvalue weighted by Gasteiger charge is -2.32. The maximum absolute atomic E-state index is 12.1. The number of amides is 2. The molecule has 0 aliphatic carbocycles. The van der Waals surface area contributed by atoms with E-state index in [1.807, 2.05) is 25.1 Å². The summed E-state index contributed by atoms with van der Waals surface area (Å²) in [4.78, 5) is 24.7. The number of carbonyl (C=O) groups excluding carboxylic acids is 1. The van der Waals surface area contributed by atoms with Gasteiger partial charge in [0.15, 0.2) is 0 Å². The van der Waals surface area contributed by atoms with Gasteiger partial charge in [0.1, 0.15) is 6.04 Å². The van der Waals surface area contributed by atoms with E-state index in [0.29, 0.717) is 18.0 Å². The predicted molar refractivity (Wildman–Crippen MR) is 75.7 cm³/mol. The summed E-state index contributed by atoms with van der Waals surface area (Å²) < 4.78 is 0. The van der Waals surface area contributed by atoms with Crippen LogP contribution in [-0.2, 0) is 4.79 Å². The van der Waals surface area contributed by atoms with Crippen LogP contribution in [-0.4, -0.2) is 46.1 Å². The number of carbonyl (C=O) groups is 2. The lowest BCUT2D eigenvalue weighted by molar-refractivity contribution is -0.141. The molecule has 1 fully saturated rings. The fourth-order valence-electron chi connectivity index (χ4n) is 1.97. The number of hydrogen-bond acceptors (Lipinski definition) is 3. The van der Waals surface area contributed by atoms with Crippen molar-refractivity contribution in [3.8, 4) is 0 Å². The third-order valence-corrected chi connectivity index (χ3v) is 3.97. The number of aliphatic carboxylic acids is 1. The van der Waals surface area contributed by atoms with E-state index in [0.717, 1.165) is 11.3 Å². The van der Waals surface area contributed by atoms with Crippen molar-refractivity contribution in [3.05, 3.63) is 29.8 Å². The van der Waals surface area contributed by atoms with E-state index in [4.69, 9.17) is 5.11 Å². The second-order valence-corrected chi connectivity index (χ2v) is 5.57. The van der Waals surface area contributed by atoms with E-state index in [1.165, 1.54) is 4.90 Å². The number of anilines is 1. The van der Waals surface area contributed by atoms with Gasteiger partial charge in [0.05, 0.1) is 0 Å². The molecule has 0 saturated carbocycles. The lowest BCUT2D eigenvalue weighted by Crippen LogP contribution is -2.51. The maximum Gasteiger partial charge on any atom is 0.327 e. The molecule has 0 spiro atoms. The molecule has 1 heterocycles. The van der Waals surface area contributed by atoms with Gasteiger partial charge in [-0.15, -0.1) is 0 Å². The zero-order valence-electron chi connectivity index (χ0n) is 10.6. The minimum atomic E-state index is -0.952. The highest BCUT2D eigenvalue weighted by Gasteiger charge is 2.32. The summed E-state index contributed by atoms with van der Waals surface area (Å²) in [6.45, 7) is 2.40. The maximum atomic E-state index is 12.1. The van der Waals surface area contributed by atoms with Gasteiger partial charge in [0.25, 0.3) is 0 Å². The number of hydrogen-bond donors (Lipinski definition) is 2. The molecule has 102 valence electrons. The fraction of sp³-hybridized carbons (Fsp3) is 0.385. The Balaban J connectivity index is 2.07. The minimum absolute atomic E-state index is 0.349. The summed E-state index contributed by atoms with van der Waals surface area (Å²) in [7, 11) is 0. The first-order valence-electron chi connectivity index (χ1n) is 6.03. The van der Waals surface area contributed by atoms with E-state index in [2.05, 4.69) is 5.32 Å². The summed E-state index contributed by atoms with van der Waals surface area (Å²) in [5.74, 6) is 0.258. The van der Waals surface area contributed by atoms with Gasteiger partial charge in [-0.05, 0) is 24.6 Å². The Hall–Kier alpha value is -1.69. The Morgan fingerprint density at radius 1 is 1.47 bits per heavy atom. The molecule has 0 bridgehead atoms. The Morgan fingerprint density at radius 3 is 2.95 bits per heavy atom. The van der Waals surface area contributed by atoms with Crippen molar-refractivity contribution in [3.63, 3.8) is 0 Å². The molecule has 0 aromatic heterocycles. The Morgan fingerprint density at radius 2 is 2.26 bits per heavy atom. The van der Waals surface area contributed by atoms with Crippen LogP contribution in [0.1, 0.15) is 5.56 Å². The van der Waals surface area contributed by atoms with Crippen molar-refractivity contribution in [1.82, 2.24) is 4.90 Å². The van der Waals surface area contributed by atoms with E-state index >= 15 is 0 Å². The van der Waals surface area contributed by atoms with Gasteiger partial charge in [0.2, 0.25) is 0 Å². The summed E-state index contributed by atoms with van der Waals surface area (Å²) in [5.41, 5.74) is 1.73. The number of carboxylic acids is 1. The SMILES string of the molecule is Cc1cccc(NC(=O)N2CCSCC2C(=O)O)c1. The largest absolute Gasteiger partial charge is 0.480 e. The minimum Gasteiger partial charge on any atom is -0.480 e. The zero-order valence-corrected chi connectivity index (χ0v) is 11.4. The fourth-order valence-corrected chi connectivity index (χ4v) is 3.01. The quantitative estimate of drug-likeness (QED) is 0.869. The second kappa shape index (κ2) is 5.97. The lowest BCUT2D eigenvalue weighted by atomic mass is 10.2. The molecule has 1 atom stereocenters. The topological polar surface area (TPSA) is 69.6 Å². The van der Waals surface area contributed by atoms with Gasteiger partial charge >= 0.3 is 12.0 Å². The van der Waals surface area contributed by atoms with Gasteiger partial charge < -0.3 is 15.3 Å². The molecule has 1 aliphatic heterocycles. The van der Waals surface area contributed by atoms with Crippen LogP contribution in [0.25, 0.3) is 0 Å². The number of nitrogens with one attached hydrogen (secondary N) is 1. The Labute approximate surface area is 116 Å². The number of carboxylic acid groups (broad SMARTS) is 1. The van der Waals surface area contributed by atoms with Gasteiger partial charge in [-0.2, -0.15) is 11.8 Å². The first-order chi connectivity index (χ1) is 9.08. The van der Waals surface area contributed by atoms with Crippen LogP contribution in [0.5, 0.6) is 0 Å². The van der Waals surface area contributed by atoms with Crippen molar-refractivity contribution in [2.45, 2.75) is 13.0 Å². The number of benzene rings is 1. The van der Waals surface area contributed by atoms with Crippen LogP contribution in [0.3, 0.4) is 0 Å². The Kier molecular flexibility index (Phi) is 4.31. The Bertz CT molecular complexity index is 493. The summed E-state index contributed by atoms with van der Waals surface area (Å²) in [6.07, 6.45) is 0. The van der Waals surface area contributed by atoms with Crippen molar-refractivity contribution in [1.29, 1.82) is 0 Å². The highest BCUT2D eigenvalue weighted by molar-refractivity contribution is 7.99. The first kappa shape index (κ1) is 13.7. The van der Waals surface area contributed by atoms with Crippen molar-refractivity contribution < 1.29 is 14.7 Å². The summed E-state index contributed by atoms with van der Waals surface area (Å²) >= 11 is 1.56. The van der Waals surface area contributed by atoms with Gasteiger partial charge in [-0.1, -0.05) is 12.1 Å². The normalized spacial score (nSPS) is 19.0. The third-order valence-electron chi connectivity index (χ3n) is 2.94. The van der Waals surface area contributed by atoms with Gasteiger partial charge in [0, 0.05) is 23.7 Å². The van der Waals surface area contributed by atoms with Crippen LogP contribution in [0.2, 0.25) is 0 Å². The van der Waals surface area contributed by atoms with E-state index < -0.39 is 12.0 Å². The number of rotatable bonds is 2. The van der Waals surface area contributed by atoms with Crippen LogP contribution in [0.15, 0.2) is 24.3 Å². The molecule has 0 radical (unpaired) electrons. The summed E-state index contributed by atoms with van der Waals surface area (Å²) in [5, 5.41) is 11.9. The van der Waals surface area contributed by atoms with Crippen molar-refractivity contribution >= 4 is 29.4 Å². The van der Waals surface area contributed by atoms with Crippen LogP contribution >= 0.6 is 11.8 Å². The standard InChI is InChI=1S/C13H16N2O3S/c1-9-3-2-4-10(7-9)14-13(18)15-5-6-19-8-11(15)12(16)17/h2-4,7,11H,5-6,8H2,1H3,(H,14,18)(H,16,17). The number of aryl methyl sites for hydroxylation is 1. The van der Waals surface area contributed by atoms with Crippen molar-refractivity contribution in [2.75, 3.05) is 23.4 Å². The van der Waals surface area contributed by atoms with Crippen molar-refractivity contribution in [2.24, 2.45) is 0 Å². The molecule has 1 saturated heterocycles. The summed E-state index contributed by atoms with van der Waals surface area (Å²) in [6, 6.07) is 6.34. The van der Waals surface area contributed by atoms with Crippen LogP contribution in [0, 0.1) is 6.92 Å². The molecule has 6 heteroatoms.